The molecule has 2 unspecified atom stereocenters. The molecule has 2 rings (SSSR count). The van der Waals surface area contributed by atoms with Gasteiger partial charge < -0.3 is 4.90 Å². The molecule has 1 aliphatic heterocycles. The lowest BCUT2D eigenvalue weighted by atomic mass is 10.0. The maximum absolute atomic E-state index is 4.10. The number of rotatable bonds is 3. The molecular weight excluding hydrogens is 256 g/mol. The van der Waals surface area contributed by atoms with Crippen LogP contribution in [-0.4, -0.2) is 44.1 Å². The summed E-state index contributed by atoms with van der Waals surface area (Å²) in [6.07, 6.45) is 4.62. The van der Waals surface area contributed by atoms with E-state index in [9.17, 15) is 0 Å². The first-order chi connectivity index (χ1) is 7.25. The molecule has 2 atom stereocenters. The number of hydrogen-bond acceptors (Lipinski definition) is 3. The Kier molecular flexibility index (Phi) is 3.75. The quantitative estimate of drug-likeness (QED) is 0.780. The summed E-state index contributed by atoms with van der Waals surface area (Å²) >= 11 is 3.72. The molecule has 1 fully saturated rings. The van der Waals surface area contributed by atoms with Gasteiger partial charge in [0.25, 0.3) is 0 Å². The summed E-state index contributed by atoms with van der Waals surface area (Å²) in [6.45, 7) is 6.70. The topological polar surface area (TPSA) is 34.0 Å². The molecule has 0 radical (unpaired) electrons. The van der Waals surface area contributed by atoms with Gasteiger partial charge in [0.15, 0.2) is 0 Å². The van der Waals surface area contributed by atoms with Crippen LogP contribution in [0.5, 0.6) is 0 Å². The zero-order valence-electron chi connectivity index (χ0n) is 9.01. The second-order valence-corrected chi connectivity index (χ2v) is 5.42. The number of aromatic nitrogens is 3. The van der Waals surface area contributed by atoms with Crippen LogP contribution in [0.3, 0.4) is 0 Å². The Labute approximate surface area is 98.8 Å². The van der Waals surface area contributed by atoms with Crippen LogP contribution >= 0.6 is 15.9 Å². The molecule has 0 amide bonds. The maximum atomic E-state index is 4.10. The van der Waals surface area contributed by atoms with Gasteiger partial charge in [-0.25, -0.2) is 4.98 Å². The van der Waals surface area contributed by atoms with Crippen molar-refractivity contribution in [2.45, 2.75) is 24.7 Å². The normalized spacial score (nSPS) is 28.1. The molecular formula is C10H17BrN4. The van der Waals surface area contributed by atoms with Crippen molar-refractivity contribution in [1.82, 2.24) is 19.7 Å². The van der Waals surface area contributed by atoms with E-state index in [1.165, 1.54) is 19.5 Å². The minimum absolute atomic E-state index is 0.695. The van der Waals surface area contributed by atoms with Gasteiger partial charge in [0.1, 0.15) is 12.7 Å². The van der Waals surface area contributed by atoms with Gasteiger partial charge in [-0.15, -0.1) is 0 Å². The first kappa shape index (κ1) is 11.1. The predicted molar refractivity (Wildman–Crippen MR) is 63.0 cm³/mol. The third-order valence-corrected chi connectivity index (χ3v) is 4.36. The molecule has 0 bridgehead atoms. The van der Waals surface area contributed by atoms with Crippen LogP contribution in [0.1, 0.15) is 13.3 Å². The van der Waals surface area contributed by atoms with E-state index in [2.05, 4.69) is 37.8 Å². The molecule has 1 aromatic heterocycles. The lowest BCUT2D eigenvalue weighted by molar-refractivity contribution is 0.183. The lowest BCUT2D eigenvalue weighted by Crippen LogP contribution is -2.41. The van der Waals surface area contributed by atoms with E-state index in [1.807, 2.05) is 4.68 Å². The van der Waals surface area contributed by atoms with Gasteiger partial charge >= 0.3 is 0 Å². The highest BCUT2D eigenvalue weighted by Gasteiger charge is 2.23. The molecule has 84 valence electrons. The first-order valence-corrected chi connectivity index (χ1v) is 6.36. The van der Waals surface area contributed by atoms with Crippen LogP contribution in [0.25, 0.3) is 0 Å². The van der Waals surface area contributed by atoms with E-state index in [4.69, 9.17) is 0 Å². The zero-order chi connectivity index (χ0) is 10.7. The Morgan fingerprint density at radius 2 is 2.33 bits per heavy atom. The highest BCUT2D eigenvalue weighted by atomic mass is 79.9. The van der Waals surface area contributed by atoms with Crippen molar-refractivity contribution in [3.05, 3.63) is 12.7 Å². The molecule has 1 saturated heterocycles. The summed E-state index contributed by atoms with van der Waals surface area (Å²) in [4.78, 5) is 7.14. The molecule has 15 heavy (non-hydrogen) atoms. The molecule has 4 nitrogen and oxygen atoms in total. The van der Waals surface area contributed by atoms with Crippen LogP contribution in [-0.2, 0) is 6.54 Å². The van der Waals surface area contributed by atoms with Gasteiger partial charge in [0.2, 0.25) is 0 Å². The Hall–Kier alpha value is -0.420. The van der Waals surface area contributed by atoms with E-state index in [-0.39, 0.29) is 0 Å². The summed E-state index contributed by atoms with van der Waals surface area (Å²) in [5, 5.41) is 4.10. The molecule has 0 aliphatic carbocycles. The molecule has 5 heteroatoms. The van der Waals surface area contributed by atoms with Crippen LogP contribution in [0.15, 0.2) is 12.7 Å². The Balaban J connectivity index is 1.76. The molecule has 0 spiro atoms. The summed E-state index contributed by atoms with van der Waals surface area (Å²) in [5.41, 5.74) is 0. The standard InChI is InChI=1S/C10H17BrN4/c1-9-6-14(3-2-10(9)11)4-5-15-8-12-7-13-15/h7-10H,2-6H2,1H3. The van der Waals surface area contributed by atoms with Gasteiger partial charge in [-0.2, -0.15) is 5.10 Å². The van der Waals surface area contributed by atoms with E-state index in [0.29, 0.717) is 4.83 Å². The number of nitrogens with zero attached hydrogens (tertiary/aromatic N) is 4. The molecule has 1 aliphatic rings. The molecule has 0 N–H and O–H groups in total. The van der Waals surface area contributed by atoms with Crippen LogP contribution in [0.2, 0.25) is 0 Å². The molecule has 0 saturated carbocycles. The average Bonchev–Trinajstić information content (AvgIpc) is 2.73. The van der Waals surface area contributed by atoms with Gasteiger partial charge in [0, 0.05) is 17.9 Å². The lowest BCUT2D eigenvalue weighted by Gasteiger charge is -2.34. The summed E-state index contributed by atoms with van der Waals surface area (Å²) < 4.78 is 1.89. The van der Waals surface area contributed by atoms with E-state index >= 15 is 0 Å². The van der Waals surface area contributed by atoms with Crippen molar-refractivity contribution in [2.24, 2.45) is 5.92 Å². The smallest absolute Gasteiger partial charge is 0.137 e. The molecule has 1 aromatic rings. The Morgan fingerprint density at radius 3 is 3.00 bits per heavy atom. The fraction of sp³-hybridized carbons (Fsp3) is 0.800. The number of hydrogen-bond donors (Lipinski definition) is 0. The number of alkyl halides is 1. The second-order valence-electron chi connectivity index (χ2n) is 4.24. The minimum Gasteiger partial charge on any atom is -0.301 e. The van der Waals surface area contributed by atoms with Gasteiger partial charge in [0.05, 0.1) is 6.54 Å². The van der Waals surface area contributed by atoms with Crippen molar-refractivity contribution in [3.63, 3.8) is 0 Å². The fourth-order valence-corrected chi connectivity index (χ4v) is 2.37. The van der Waals surface area contributed by atoms with Crippen molar-refractivity contribution >= 4 is 15.9 Å². The minimum atomic E-state index is 0.695. The van der Waals surface area contributed by atoms with Gasteiger partial charge in [-0.1, -0.05) is 22.9 Å². The summed E-state index contributed by atoms with van der Waals surface area (Å²) in [6, 6.07) is 0. The molecule has 2 heterocycles. The molecule has 0 aromatic carbocycles. The van der Waals surface area contributed by atoms with Crippen LogP contribution < -0.4 is 0 Å². The van der Waals surface area contributed by atoms with E-state index in [0.717, 1.165) is 19.0 Å². The average molecular weight is 273 g/mol. The maximum Gasteiger partial charge on any atom is 0.137 e. The predicted octanol–water partition coefficient (Wildman–Crippen LogP) is 1.38. The SMILES string of the molecule is CC1CN(CCn2cncn2)CCC1Br. The highest BCUT2D eigenvalue weighted by Crippen LogP contribution is 2.22. The van der Waals surface area contributed by atoms with Crippen molar-refractivity contribution in [3.8, 4) is 0 Å². The largest absolute Gasteiger partial charge is 0.301 e. The van der Waals surface area contributed by atoms with Crippen LogP contribution in [0.4, 0.5) is 0 Å². The van der Waals surface area contributed by atoms with E-state index in [1.54, 1.807) is 12.7 Å². The number of halogens is 1. The van der Waals surface area contributed by atoms with Crippen LogP contribution in [0, 0.1) is 5.92 Å². The van der Waals surface area contributed by atoms with Gasteiger partial charge in [-0.3, -0.25) is 4.68 Å². The fourth-order valence-electron chi connectivity index (χ4n) is 2.00. The zero-order valence-corrected chi connectivity index (χ0v) is 10.6. The third-order valence-electron chi connectivity index (χ3n) is 3.00. The number of likely N-dealkylation sites (tertiary alicyclic amines) is 1. The van der Waals surface area contributed by atoms with Gasteiger partial charge in [-0.05, 0) is 18.9 Å². The highest BCUT2D eigenvalue weighted by molar-refractivity contribution is 9.09. The Bertz CT molecular complexity index is 288. The third kappa shape index (κ3) is 3.01. The van der Waals surface area contributed by atoms with Crippen molar-refractivity contribution in [1.29, 1.82) is 0 Å². The Morgan fingerprint density at radius 1 is 1.47 bits per heavy atom. The first-order valence-electron chi connectivity index (χ1n) is 5.44. The second kappa shape index (κ2) is 5.07. The van der Waals surface area contributed by atoms with Crippen molar-refractivity contribution < 1.29 is 0 Å². The van der Waals surface area contributed by atoms with E-state index < -0.39 is 0 Å². The number of piperidine rings is 1. The summed E-state index contributed by atoms with van der Waals surface area (Å²) in [7, 11) is 0. The van der Waals surface area contributed by atoms with Crippen molar-refractivity contribution in [2.75, 3.05) is 19.6 Å². The monoisotopic (exact) mass is 272 g/mol. The summed E-state index contributed by atoms with van der Waals surface area (Å²) in [5.74, 6) is 0.745.